The Morgan fingerprint density at radius 1 is 1.55 bits per heavy atom. The van der Waals surface area contributed by atoms with Gasteiger partial charge >= 0.3 is 6.03 Å². The van der Waals surface area contributed by atoms with E-state index >= 15 is 0 Å². The van der Waals surface area contributed by atoms with Gasteiger partial charge in [0.15, 0.2) is 0 Å². The minimum Gasteiger partial charge on any atom is -0.352 e. The van der Waals surface area contributed by atoms with E-state index in [9.17, 15) is 14.0 Å². The summed E-state index contributed by atoms with van der Waals surface area (Å²) in [6.07, 6.45) is 3.03. The Kier molecular flexibility index (Phi) is 4.49. The highest BCUT2D eigenvalue weighted by molar-refractivity contribution is 5.94. The van der Waals surface area contributed by atoms with Crippen LogP contribution >= 0.6 is 0 Å². The van der Waals surface area contributed by atoms with Gasteiger partial charge in [-0.1, -0.05) is 0 Å². The summed E-state index contributed by atoms with van der Waals surface area (Å²) >= 11 is 0. The summed E-state index contributed by atoms with van der Waals surface area (Å²) in [6.45, 7) is 1.49. The molecule has 1 fully saturated rings. The van der Waals surface area contributed by atoms with E-state index in [1.54, 1.807) is 4.90 Å². The molecular weight excluding hydrogens is 263 g/mol. The van der Waals surface area contributed by atoms with Crippen molar-refractivity contribution < 1.29 is 14.0 Å². The smallest absolute Gasteiger partial charge is 0.312 e. The van der Waals surface area contributed by atoms with Gasteiger partial charge in [-0.3, -0.25) is 4.79 Å². The number of carbonyl (C=O) groups is 2. The van der Waals surface area contributed by atoms with E-state index in [2.05, 4.69) is 10.3 Å². The van der Waals surface area contributed by atoms with Crippen LogP contribution in [0.2, 0.25) is 0 Å². The van der Waals surface area contributed by atoms with Crippen molar-refractivity contribution in [3.05, 3.63) is 29.8 Å². The standard InChI is InChI=1S/C13H17FN4O2/c14-11-10(4-1-5-16-11)12(19)18-6-2-3-9(8-18)7-17-13(15)20/h1,4-5,9H,2-3,6-8H2,(H3,15,17,20). The fourth-order valence-corrected chi connectivity index (χ4v) is 2.38. The van der Waals surface area contributed by atoms with E-state index in [1.165, 1.54) is 18.3 Å². The molecule has 1 saturated heterocycles. The number of nitrogens with one attached hydrogen (secondary N) is 1. The summed E-state index contributed by atoms with van der Waals surface area (Å²) in [5.74, 6) is -0.978. The molecule has 6 nitrogen and oxygen atoms in total. The number of urea groups is 1. The monoisotopic (exact) mass is 280 g/mol. The van der Waals surface area contributed by atoms with E-state index in [0.717, 1.165) is 12.8 Å². The number of pyridine rings is 1. The van der Waals surface area contributed by atoms with Crippen molar-refractivity contribution in [2.75, 3.05) is 19.6 Å². The molecule has 0 saturated carbocycles. The molecule has 1 aliphatic heterocycles. The minimum absolute atomic E-state index is 0.0176. The minimum atomic E-state index is -0.755. The molecular formula is C13H17FN4O2. The number of piperidine rings is 1. The largest absolute Gasteiger partial charge is 0.352 e. The Morgan fingerprint density at radius 3 is 3.05 bits per heavy atom. The molecule has 0 aromatic carbocycles. The van der Waals surface area contributed by atoms with Gasteiger partial charge in [0.1, 0.15) is 0 Å². The highest BCUT2D eigenvalue weighted by Gasteiger charge is 2.26. The maximum atomic E-state index is 13.5. The lowest BCUT2D eigenvalue weighted by molar-refractivity contribution is 0.0669. The summed E-state index contributed by atoms with van der Waals surface area (Å²) in [4.78, 5) is 28.0. The van der Waals surface area contributed by atoms with Crippen LogP contribution in [0, 0.1) is 11.9 Å². The molecule has 0 aliphatic carbocycles. The first-order valence-corrected chi connectivity index (χ1v) is 6.51. The molecule has 2 rings (SSSR count). The van der Waals surface area contributed by atoms with Crippen molar-refractivity contribution >= 4 is 11.9 Å². The number of hydrogen-bond acceptors (Lipinski definition) is 3. The molecule has 2 heterocycles. The second kappa shape index (κ2) is 6.31. The molecule has 1 atom stereocenters. The lowest BCUT2D eigenvalue weighted by Crippen LogP contribution is -2.44. The summed E-state index contributed by atoms with van der Waals surface area (Å²) in [5, 5.41) is 2.54. The Bertz CT molecular complexity index is 509. The number of likely N-dealkylation sites (tertiary alicyclic amines) is 1. The van der Waals surface area contributed by atoms with E-state index < -0.39 is 12.0 Å². The normalized spacial score (nSPS) is 18.6. The molecule has 108 valence electrons. The predicted octanol–water partition coefficient (Wildman–Crippen LogP) is 0.741. The third-order valence-corrected chi connectivity index (χ3v) is 3.36. The fourth-order valence-electron chi connectivity index (χ4n) is 2.38. The molecule has 0 spiro atoms. The van der Waals surface area contributed by atoms with Crippen molar-refractivity contribution in [3.8, 4) is 0 Å². The number of nitrogens with zero attached hydrogens (tertiary/aromatic N) is 2. The molecule has 1 aromatic heterocycles. The van der Waals surface area contributed by atoms with Gasteiger partial charge in [-0.2, -0.15) is 4.39 Å². The van der Waals surface area contributed by atoms with Crippen molar-refractivity contribution in [1.82, 2.24) is 15.2 Å². The second-order valence-electron chi connectivity index (χ2n) is 4.85. The molecule has 3 amide bonds. The number of halogens is 1. The zero-order valence-corrected chi connectivity index (χ0v) is 11.0. The summed E-state index contributed by atoms with van der Waals surface area (Å²) in [7, 11) is 0. The number of aromatic nitrogens is 1. The average Bonchev–Trinajstić information content (AvgIpc) is 2.45. The van der Waals surface area contributed by atoms with Crippen LogP contribution < -0.4 is 11.1 Å². The summed E-state index contributed by atoms with van der Waals surface area (Å²) < 4.78 is 13.5. The third-order valence-electron chi connectivity index (χ3n) is 3.36. The number of carbonyl (C=O) groups excluding carboxylic acids is 2. The fraction of sp³-hybridized carbons (Fsp3) is 0.462. The van der Waals surface area contributed by atoms with Crippen LogP contribution in [-0.2, 0) is 0 Å². The first-order chi connectivity index (χ1) is 9.58. The first-order valence-electron chi connectivity index (χ1n) is 6.51. The molecule has 7 heteroatoms. The number of primary amides is 1. The van der Waals surface area contributed by atoms with Crippen molar-refractivity contribution in [2.45, 2.75) is 12.8 Å². The SMILES string of the molecule is NC(=O)NCC1CCCN(C(=O)c2cccnc2F)C1. The Hall–Kier alpha value is -2.18. The van der Waals surface area contributed by atoms with E-state index in [-0.39, 0.29) is 17.4 Å². The molecule has 1 unspecified atom stereocenters. The van der Waals surface area contributed by atoms with E-state index in [4.69, 9.17) is 5.73 Å². The van der Waals surface area contributed by atoms with Crippen LogP contribution in [0.1, 0.15) is 23.2 Å². The topological polar surface area (TPSA) is 88.3 Å². The molecule has 1 aliphatic rings. The predicted molar refractivity (Wildman–Crippen MR) is 70.4 cm³/mol. The first kappa shape index (κ1) is 14.2. The van der Waals surface area contributed by atoms with Gasteiger partial charge < -0.3 is 16.0 Å². The number of amides is 3. The molecule has 0 bridgehead atoms. The Morgan fingerprint density at radius 2 is 2.35 bits per heavy atom. The zero-order valence-electron chi connectivity index (χ0n) is 11.0. The molecule has 20 heavy (non-hydrogen) atoms. The van der Waals surface area contributed by atoms with Crippen molar-refractivity contribution in [3.63, 3.8) is 0 Å². The lowest BCUT2D eigenvalue weighted by atomic mass is 9.97. The Labute approximate surface area is 116 Å². The number of nitrogens with two attached hydrogens (primary N) is 1. The van der Waals surface area contributed by atoms with Crippen LogP contribution in [0.5, 0.6) is 0 Å². The van der Waals surface area contributed by atoms with Crippen LogP contribution in [-0.4, -0.2) is 41.5 Å². The molecule has 3 N–H and O–H groups in total. The Balaban J connectivity index is 2.00. The van der Waals surface area contributed by atoms with Crippen molar-refractivity contribution in [2.24, 2.45) is 11.7 Å². The van der Waals surface area contributed by atoms with Gasteiger partial charge in [0.05, 0.1) is 5.56 Å². The zero-order chi connectivity index (χ0) is 14.5. The van der Waals surface area contributed by atoms with E-state index in [0.29, 0.717) is 19.6 Å². The van der Waals surface area contributed by atoms with Gasteiger partial charge in [-0.05, 0) is 30.9 Å². The average molecular weight is 280 g/mol. The highest BCUT2D eigenvalue weighted by Crippen LogP contribution is 2.18. The van der Waals surface area contributed by atoms with Gasteiger partial charge in [-0.15, -0.1) is 0 Å². The molecule has 1 aromatic rings. The van der Waals surface area contributed by atoms with Gasteiger partial charge in [0.2, 0.25) is 5.95 Å². The maximum absolute atomic E-state index is 13.5. The lowest BCUT2D eigenvalue weighted by Gasteiger charge is -2.32. The number of rotatable bonds is 3. The quantitative estimate of drug-likeness (QED) is 0.800. The summed E-state index contributed by atoms with van der Waals surface area (Å²) in [6, 6.07) is 2.38. The van der Waals surface area contributed by atoms with E-state index in [1.807, 2.05) is 0 Å². The van der Waals surface area contributed by atoms with Gasteiger partial charge in [-0.25, -0.2) is 9.78 Å². The number of hydrogen-bond donors (Lipinski definition) is 2. The van der Waals surface area contributed by atoms with Crippen LogP contribution in [0.25, 0.3) is 0 Å². The van der Waals surface area contributed by atoms with Gasteiger partial charge in [0.25, 0.3) is 5.91 Å². The van der Waals surface area contributed by atoms with Crippen LogP contribution in [0.3, 0.4) is 0 Å². The van der Waals surface area contributed by atoms with Crippen LogP contribution in [0.15, 0.2) is 18.3 Å². The molecule has 0 radical (unpaired) electrons. The van der Waals surface area contributed by atoms with Crippen molar-refractivity contribution in [1.29, 1.82) is 0 Å². The van der Waals surface area contributed by atoms with Crippen LogP contribution in [0.4, 0.5) is 9.18 Å². The maximum Gasteiger partial charge on any atom is 0.312 e. The van der Waals surface area contributed by atoms with Gasteiger partial charge in [0, 0.05) is 25.8 Å². The highest BCUT2D eigenvalue weighted by atomic mass is 19.1. The second-order valence-corrected chi connectivity index (χ2v) is 4.85. The summed E-state index contributed by atoms with van der Waals surface area (Å²) in [5.41, 5.74) is 5.01. The third kappa shape index (κ3) is 3.43.